The second kappa shape index (κ2) is 5.87. The molecule has 18 heavy (non-hydrogen) atoms. The predicted octanol–water partition coefficient (Wildman–Crippen LogP) is 5.02. The zero-order valence-corrected chi connectivity index (χ0v) is 13.0. The molecule has 0 saturated heterocycles. The van der Waals surface area contributed by atoms with Gasteiger partial charge in [0.15, 0.2) is 0 Å². The molecule has 2 nitrogen and oxygen atoms in total. The molecule has 0 fully saturated rings. The third kappa shape index (κ3) is 3.13. The first kappa shape index (κ1) is 13.6. The average Bonchev–Trinajstić information content (AvgIpc) is 2.34. The largest absolute Gasteiger partial charge is 0.455 e. The Labute approximate surface area is 123 Å². The molecule has 4 heteroatoms. The van der Waals surface area contributed by atoms with E-state index in [1.54, 1.807) is 0 Å². The molecule has 0 aliphatic rings. The van der Waals surface area contributed by atoms with E-state index in [0.717, 1.165) is 26.0 Å². The fourth-order valence-corrected chi connectivity index (χ4v) is 2.37. The van der Waals surface area contributed by atoms with Crippen LogP contribution in [0.5, 0.6) is 11.5 Å². The summed E-state index contributed by atoms with van der Waals surface area (Å²) in [7, 11) is 0. The second-order valence-electron chi connectivity index (χ2n) is 4.01. The zero-order chi connectivity index (χ0) is 13.1. The number of para-hydroxylation sites is 1. The lowest BCUT2D eigenvalue weighted by Crippen LogP contribution is -2.04. The molecule has 94 valence electrons. The molecule has 1 atom stereocenters. The molecule has 0 spiro atoms. The van der Waals surface area contributed by atoms with E-state index in [0.29, 0.717) is 0 Å². The van der Waals surface area contributed by atoms with Crippen molar-refractivity contribution in [2.45, 2.75) is 13.0 Å². The van der Waals surface area contributed by atoms with Crippen molar-refractivity contribution in [3.63, 3.8) is 0 Å². The maximum Gasteiger partial charge on any atom is 0.141 e. The quantitative estimate of drug-likeness (QED) is 0.822. The van der Waals surface area contributed by atoms with Crippen molar-refractivity contribution in [1.29, 1.82) is 0 Å². The standard InChI is InChI=1S/C14H13Br2NO/c1-9(17)10-6-7-14(12(16)8-10)18-13-5-3-2-4-11(13)15/h2-9H,17H2,1H3/t9-/m1/s1. The minimum atomic E-state index is 0.0128. The van der Waals surface area contributed by atoms with Crippen molar-refractivity contribution in [3.05, 3.63) is 57.0 Å². The van der Waals surface area contributed by atoms with Gasteiger partial charge in [-0.2, -0.15) is 0 Å². The Morgan fingerprint density at radius 3 is 2.28 bits per heavy atom. The molecule has 0 unspecified atom stereocenters. The molecule has 2 rings (SSSR count). The Morgan fingerprint density at radius 1 is 1.00 bits per heavy atom. The van der Waals surface area contributed by atoms with Crippen LogP contribution < -0.4 is 10.5 Å². The number of ether oxygens (including phenoxy) is 1. The van der Waals surface area contributed by atoms with Crippen LogP contribution in [0.2, 0.25) is 0 Å². The molecule has 0 aliphatic carbocycles. The van der Waals surface area contributed by atoms with Crippen molar-refractivity contribution in [2.75, 3.05) is 0 Å². The Kier molecular flexibility index (Phi) is 4.43. The lowest BCUT2D eigenvalue weighted by Gasteiger charge is -2.12. The van der Waals surface area contributed by atoms with Crippen LogP contribution in [0.25, 0.3) is 0 Å². The van der Waals surface area contributed by atoms with Gasteiger partial charge in [-0.05, 0) is 68.6 Å². The van der Waals surface area contributed by atoms with Crippen LogP contribution in [0.4, 0.5) is 0 Å². The highest BCUT2D eigenvalue weighted by molar-refractivity contribution is 9.11. The minimum Gasteiger partial charge on any atom is -0.455 e. The van der Waals surface area contributed by atoms with E-state index in [1.807, 2.05) is 49.4 Å². The summed E-state index contributed by atoms with van der Waals surface area (Å²) in [6, 6.07) is 13.6. The van der Waals surface area contributed by atoms with Gasteiger partial charge in [0, 0.05) is 6.04 Å². The van der Waals surface area contributed by atoms with Crippen molar-refractivity contribution < 1.29 is 4.74 Å². The summed E-state index contributed by atoms with van der Waals surface area (Å²) < 4.78 is 7.66. The van der Waals surface area contributed by atoms with E-state index in [4.69, 9.17) is 10.5 Å². The van der Waals surface area contributed by atoms with Crippen LogP contribution in [0.3, 0.4) is 0 Å². The summed E-state index contributed by atoms with van der Waals surface area (Å²) >= 11 is 6.96. The number of rotatable bonds is 3. The summed E-state index contributed by atoms with van der Waals surface area (Å²) in [6.07, 6.45) is 0. The van der Waals surface area contributed by atoms with Crippen molar-refractivity contribution in [2.24, 2.45) is 5.73 Å². The molecule has 0 saturated carbocycles. The first-order valence-electron chi connectivity index (χ1n) is 5.55. The van der Waals surface area contributed by atoms with Crippen LogP contribution in [-0.2, 0) is 0 Å². The summed E-state index contributed by atoms with van der Waals surface area (Å²) in [5.74, 6) is 1.55. The molecule has 2 aromatic carbocycles. The van der Waals surface area contributed by atoms with Crippen LogP contribution in [0.15, 0.2) is 51.4 Å². The molecule has 2 aromatic rings. The van der Waals surface area contributed by atoms with Gasteiger partial charge >= 0.3 is 0 Å². The molecule has 0 aliphatic heterocycles. The minimum absolute atomic E-state index is 0.0128. The van der Waals surface area contributed by atoms with Gasteiger partial charge in [-0.3, -0.25) is 0 Å². The predicted molar refractivity (Wildman–Crippen MR) is 81.0 cm³/mol. The zero-order valence-electron chi connectivity index (χ0n) is 9.86. The Hall–Kier alpha value is -0.840. The molecule has 2 N–H and O–H groups in total. The van der Waals surface area contributed by atoms with Crippen molar-refractivity contribution in [3.8, 4) is 11.5 Å². The fraction of sp³-hybridized carbons (Fsp3) is 0.143. The van der Waals surface area contributed by atoms with Crippen LogP contribution >= 0.6 is 31.9 Å². The van der Waals surface area contributed by atoms with E-state index in [9.17, 15) is 0 Å². The third-order valence-corrected chi connectivity index (χ3v) is 3.81. The lowest BCUT2D eigenvalue weighted by atomic mass is 10.1. The van der Waals surface area contributed by atoms with Gasteiger partial charge in [0.2, 0.25) is 0 Å². The number of hydrogen-bond donors (Lipinski definition) is 1. The van der Waals surface area contributed by atoms with Crippen LogP contribution in [0, 0.1) is 0 Å². The smallest absolute Gasteiger partial charge is 0.141 e. The van der Waals surface area contributed by atoms with Crippen molar-refractivity contribution in [1.82, 2.24) is 0 Å². The third-order valence-electron chi connectivity index (χ3n) is 2.54. The van der Waals surface area contributed by atoms with Gasteiger partial charge in [0.1, 0.15) is 11.5 Å². The average molecular weight is 371 g/mol. The summed E-state index contributed by atoms with van der Waals surface area (Å²) in [6.45, 7) is 1.95. The molecule has 0 heterocycles. The van der Waals surface area contributed by atoms with Gasteiger partial charge in [-0.15, -0.1) is 0 Å². The fourth-order valence-electron chi connectivity index (χ4n) is 1.53. The van der Waals surface area contributed by atoms with E-state index >= 15 is 0 Å². The van der Waals surface area contributed by atoms with E-state index in [1.165, 1.54) is 0 Å². The highest BCUT2D eigenvalue weighted by atomic mass is 79.9. The van der Waals surface area contributed by atoms with E-state index < -0.39 is 0 Å². The first-order chi connectivity index (χ1) is 8.58. The maximum atomic E-state index is 5.84. The summed E-state index contributed by atoms with van der Waals surface area (Å²) in [4.78, 5) is 0. The summed E-state index contributed by atoms with van der Waals surface area (Å²) in [5, 5.41) is 0. The SMILES string of the molecule is C[C@@H](N)c1ccc(Oc2ccccc2Br)c(Br)c1. The Balaban J connectivity index is 2.28. The summed E-state index contributed by atoms with van der Waals surface area (Å²) in [5.41, 5.74) is 6.91. The van der Waals surface area contributed by atoms with Crippen LogP contribution in [0.1, 0.15) is 18.5 Å². The Bertz CT molecular complexity index is 555. The maximum absolute atomic E-state index is 5.84. The normalized spacial score (nSPS) is 12.2. The second-order valence-corrected chi connectivity index (χ2v) is 5.72. The van der Waals surface area contributed by atoms with Crippen LogP contribution in [-0.4, -0.2) is 0 Å². The lowest BCUT2D eigenvalue weighted by molar-refractivity contribution is 0.476. The van der Waals surface area contributed by atoms with Gasteiger partial charge in [-0.25, -0.2) is 0 Å². The number of halogens is 2. The van der Waals surface area contributed by atoms with Crippen molar-refractivity contribution >= 4 is 31.9 Å². The highest BCUT2D eigenvalue weighted by Crippen LogP contribution is 2.34. The van der Waals surface area contributed by atoms with Gasteiger partial charge < -0.3 is 10.5 Å². The molecule has 0 amide bonds. The van der Waals surface area contributed by atoms with Gasteiger partial charge in [0.25, 0.3) is 0 Å². The van der Waals surface area contributed by atoms with E-state index in [2.05, 4.69) is 31.9 Å². The highest BCUT2D eigenvalue weighted by Gasteiger charge is 2.08. The van der Waals surface area contributed by atoms with E-state index in [-0.39, 0.29) is 6.04 Å². The topological polar surface area (TPSA) is 35.2 Å². The number of benzene rings is 2. The monoisotopic (exact) mass is 369 g/mol. The molecule has 0 bridgehead atoms. The van der Waals surface area contributed by atoms with Gasteiger partial charge in [0.05, 0.1) is 8.95 Å². The number of hydrogen-bond acceptors (Lipinski definition) is 2. The first-order valence-corrected chi connectivity index (χ1v) is 7.14. The molecular weight excluding hydrogens is 358 g/mol. The number of nitrogens with two attached hydrogens (primary N) is 1. The molecule has 0 radical (unpaired) electrons. The molecular formula is C14H13Br2NO. The Morgan fingerprint density at radius 2 is 1.67 bits per heavy atom. The van der Waals surface area contributed by atoms with Gasteiger partial charge in [-0.1, -0.05) is 18.2 Å². The molecule has 0 aromatic heterocycles.